The molecule has 24 heavy (non-hydrogen) atoms. The third kappa shape index (κ3) is 3.06. The minimum absolute atomic E-state index is 0.344. The lowest BCUT2D eigenvalue weighted by molar-refractivity contribution is 0.175. The highest BCUT2D eigenvalue weighted by Gasteiger charge is 2.25. The van der Waals surface area contributed by atoms with E-state index in [9.17, 15) is 0 Å². The zero-order valence-electron chi connectivity index (χ0n) is 13.1. The number of piperidine rings is 1. The van der Waals surface area contributed by atoms with E-state index in [1.165, 1.54) is 11.9 Å². The molecule has 1 aromatic carbocycles. The Balaban J connectivity index is 1.49. The van der Waals surface area contributed by atoms with Gasteiger partial charge in [-0.15, -0.1) is 0 Å². The van der Waals surface area contributed by atoms with Gasteiger partial charge in [-0.3, -0.25) is 4.90 Å². The first-order valence-electron chi connectivity index (χ1n) is 8.03. The summed E-state index contributed by atoms with van der Waals surface area (Å²) in [6, 6.07) is 11.0. The molecule has 0 N–H and O–H groups in total. The van der Waals surface area contributed by atoms with Crippen molar-refractivity contribution in [3.05, 3.63) is 52.0 Å². The Labute approximate surface area is 153 Å². The lowest BCUT2D eigenvalue weighted by Gasteiger charge is -2.32. The Morgan fingerprint density at radius 2 is 1.88 bits per heavy atom. The number of hydrogen-bond acceptors (Lipinski definition) is 4. The Hall–Kier alpha value is -1.50. The van der Waals surface area contributed by atoms with E-state index in [1.54, 1.807) is 0 Å². The van der Waals surface area contributed by atoms with Crippen LogP contribution in [0.4, 0.5) is 0 Å². The Bertz CT molecular complexity index is 843. The summed E-state index contributed by atoms with van der Waals surface area (Å²) in [5, 5.41) is 5.85. The van der Waals surface area contributed by atoms with Crippen molar-refractivity contribution in [3.8, 4) is 0 Å². The monoisotopic (exact) mass is 405 g/mol. The number of rotatable bonds is 3. The number of nitrogens with zero attached hydrogens (tertiary/aromatic N) is 5. The van der Waals surface area contributed by atoms with Crippen LogP contribution in [0.2, 0.25) is 5.15 Å². The summed E-state index contributed by atoms with van der Waals surface area (Å²) in [6.07, 6.45) is 3.61. The van der Waals surface area contributed by atoms with Gasteiger partial charge in [0.2, 0.25) is 0 Å². The molecule has 5 nitrogen and oxygen atoms in total. The quantitative estimate of drug-likeness (QED) is 0.615. The van der Waals surface area contributed by atoms with E-state index in [4.69, 9.17) is 11.6 Å². The van der Waals surface area contributed by atoms with E-state index in [2.05, 4.69) is 66.2 Å². The number of hydrogen-bond donors (Lipinski definition) is 0. The Morgan fingerprint density at radius 1 is 1.12 bits per heavy atom. The molecule has 0 spiro atoms. The second-order valence-corrected chi connectivity index (χ2v) is 7.20. The van der Waals surface area contributed by atoms with Crippen molar-refractivity contribution in [2.45, 2.75) is 25.4 Å². The van der Waals surface area contributed by atoms with Crippen LogP contribution < -0.4 is 0 Å². The molecule has 0 bridgehead atoms. The first-order chi connectivity index (χ1) is 11.7. The number of likely N-dealkylation sites (tertiary alicyclic amines) is 1. The van der Waals surface area contributed by atoms with E-state index in [-0.39, 0.29) is 0 Å². The van der Waals surface area contributed by atoms with E-state index in [0.717, 1.165) is 48.1 Å². The maximum absolute atomic E-state index is 6.19. The van der Waals surface area contributed by atoms with E-state index in [0.29, 0.717) is 11.2 Å². The van der Waals surface area contributed by atoms with Crippen LogP contribution in [0.25, 0.3) is 11.0 Å². The van der Waals surface area contributed by atoms with Crippen LogP contribution in [-0.4, -0.2) is 37.7 Å². The van der Waals surface area contributed by atoms with Gasteiger partial charge in [0.1, 0.15) is 16.1 Å². The second kappa shape index (κ2) is 6.78. The fourth-order valence-corrected chi connectivity index (χ4v) is 4.18. The highest BCUT2D eigenvalue weighted by Crippen LogP contribution is 2.32. The standard InChI is InChI=1S/C17H17BrClN5/c18-15-14-16(19)20-11-21-17(14)24(22-15)13-6-8-23(9-7-13)10-12-4-2-1-3-5-12/h1-5,11,13H,6-10H2. The molecule has 1 saturated heterocycles. The van der Waals surface area contributed by atoms with Crippen LogP contribution in [0.15, 0.2) is 41.3 Å². The lowest BCUT2D eigenvalue weighted by Crippen LogP contribution is -2.34. The average Bonchev–Trinajstić information content (AvgIpc) is 2.95. The highest BCUT2D eigenvalue weighted by atomic mass is 79.9. The van der Waals surface area contributed by atoms with Gasteiger partial charge in [-0.25, -0.2) is 14.6 Å². The van der Waals surface area contributed by atoms with Crippen LogP contribution in [0.1, 0.15) is 24.4 Å². The molecule has 3 aromatic rings. The topological polar surface area (TPSA) is 46.8 Å². The molecule has 3 heterocycles. The molecule has 0 atom stereocenters. The van der Waals surface area contributed by atoms with Crippen LogP contribution in [0, 0.1) is 0 Å². The SMILES string of the molecule is Clc1ncnc2c1c(Br)nn2C1CCN(Cc2ccccc2)CC1. The second-order valence-electron chi connectivity index (χ2n) is 6.09. The summed E-state index contributed by atoms with van der Waals surface area (Å²) in [5.41, 5.74) is 2.17. The fourth-order valence-electron chi connectivity index (χ4n) is 3.32. The molecule has 0 saturated carbocycles. The molecule has 2 aromatic heterocycles. The Morgan fingerprint density at radius 3 is 2.62 bits per heavy atom. The highest BCUT2D eigenvalue weighted by molar-refractivity contribution is 9.10. The minimum atomic E-state index is 0.344. The van der Waals surface area contributed by atoms with Gasteiger partial charge in [-0.1, -0.05) is 41.9 Å². The van der Waals surface area contributed by atoms with Crippen molar-refractivity contribution in [1.82, 2.24) is 24.6 Å². The van der Waals surface area contributed by atoms with Crippen LogP contribution in [0.5, 0.6) is 0 Å². The molecule has 1 fully saturated rings. The maximum Gasteiger partial charge on any atom is 0.164 e. The molecule has 0 amide bonds. The molecular weight excluding hydrogens is 390 g/mol. The van der Waals surface area contributed by atoms with Crippen molar-refractivity contribution < 1.29 is 0 Å². The molecule has 0 radical (unpaired) electrons. The molecule has 1 aliphatic heterocycles. The molecule has 0 aliphatic carbocycles. The lowest BCUT2D eigenvalue weighted by atomic mass is 10.0. The summed E-state index contributed by atoms with van der Waals surface area (Å²) in [6.45, 7) is 3.11. The number of halogens is 2. The van der Waals surface area contributed by atoms with Gasteiger partial charge in [0.05, 0.1) is 11.4 Å². The molecule has 7 heteroatoms. The molecular formula is C17H17BrClN5. The number of aromatic nitrogens is 4. The minimum Gasteiger partial charge on any atom is -0.299 e. The fraction of sp³-hybridized carbons (Fsp3) is 0.353. The van der Waals surface area contributed by atoms with Gasteiger partial charge < -0.3 is 0 Å². The van der Waals surface area contributed by atoms with Crippen LogP contribution in [-0.2, 0) is 6.54 Å². The van der Waals surface area contributed by atoms with E-state index >= 15 is 0 Å². The van der Waals surface area contributed by atoms with E-state index in [1.807, 2.05) is 4.68 Å². The van der Waals surface area contributed by atoms with Gasteiger partial charge in [0, 0.05) is 19.6 Å². The molecule has 1 aliphatic rings. The van der Waals surface area contributed by atoms with Crippen molar-refractivity contribution in [3.63, 3.8) is 0 Å². The van der Waals surface area contributed by atoms with Crippen molar-refractivity contribution in [2.24, 2.45) is 0 Å². The predicted molar refractivity (Wildman–Crippen MR) is 98.0 cm³/mol. The van der Waals surface area contributed by atoms with Crippen LogP contribution in [0.3, 0.4) is 0 Å². The average molecular weight is 407 g/mol. The first-order valence-corrected chi connectivity index (χ1v) is 9.20. The smallest absolute Gasteiger partial charge is 0.164 e. The zero-order valence-corrected chi connectivity index (χ0v) is 15.4. The van der Waals surface area contributed by atoms with Gasteiger partial charge in [-0.05, 0) is 34.3 Å². The van der Waals surface area contributed by atoms with Gasteiger partial charge >= 0.3 is 0 Å². The van der Waals surface area contributed by atoms with Gasteiger partial charge in [0.25, 0.3) is 0 Å². The summed E-state index contributed by atoms with van der Waals surface area (Å²) >= 11 is 9.67. The van der Waals surface area contributed by atoms with Crippen molar-refractivity contribution >= 4 is 38.6 Å². The summed E-state index contributed by atoms with van der Waals surface area (Å²) in [7, 11) is 0. The van der Waals surface area contributed by atoms with E-state index < -0.39 is 0 Å². The summed E-state index contributed by atoms with van der Waals surface area (Å²) in [4.78, 5) is 10.9. The summed E-state index contributed by atoms with van der Waals surface area (Å²) < 4.78 is 2.72. The maximum atomic E-state index is 6.19. The predicted octanol–water partition coefficient (Wildman–Crippen LogP) is 4.08. The van der Waals surface area contributed by atoms with Crippen molar-refractivity contribution in [2.75, 3.05) is 13.1 Å². The van der Waals surface area contributed by atoms with Gasteiger partial charge in [-0.2, -0.15) is 5.10 Å². The third-order valence-electron chi connectivity index (χ3n) is 4.55. The molecule has 4 rings (SSSR count). The molecule has 124 valence electrons. The largest absolute Gasteiger partial charge is 0.299 e. The summed E-state index contributed by atoms with van der Waals surface area (Å²) in [5.74, 6) is 0. The normalized spacial score (nSPS) is 16.8. The number of benzene rings is 1. The van der Waals surface area contributed by atoms with Crippen LogP contribution >= 0.6 is 27.5 Å². The van der Waals surface area contributed by atoms with Gasteiger partial charge in [0.15, 0.2) is 5.65 Å². The number of fused-ring (bicyclic) bond motifs is 1. The third-order valence-corrected chi connectivity index (χ3v) is 5.39. The zero-order chi connectivity index (χ0) is 16.5. The molecule has 0 unspecified atom stereocenters. The van der Waals surface area contributed by atoms with Crippen molar-refractivity contribution in [1.29, 1.82) is 0 Å². The Kier molecular flexibility index (Phi) is 4.52. The first kappa shape index (κ1) is 16.0.